The highest BCUT2D eigenvalue weighted by atomic mass is 19.4. The number of aliphatic carboxylic acids is 1. The summed E-state index contributed by atoms with van der Waals surface area (Å²) in [4.78, 5) is 11.9. The largest absolute Gasteiger partial charge is 0.481 e. The lowest BCUT2D eigenvalue weighted by atomic mass is 9.96. The van der Waals surface area contributed by atoms with Crippen LogP contribution in [-0.4, -0.2) is 41.8 Å². The molecule has 1 N–H and O–H groups in total. The summed E-state index contributed by atoms with van der Waals surface area (Å²) in [6.07, 6.45) is -4.87. The lowest BCUT2D eigenvalue weighted by molar-refractivity contribution is -0.145. The van der Waals surface area contributed by atoms with Crippen LogP contribution in [0.4, 0.5) is 13.2 Å². The lowest BCUT2D eigenvalue weighted by Crippen LogP contribution is -2.48. The summed E-state index contributed by atoms with van der Waals surface area (Å²) in [5.41, 5.74) is 0. The molecule has 0 aromatic heterocycles. The minimum atomic E-state index is -4.11. The van der Waals surface area contributed by atoms with E-state index in [-0.39, 0.29) is 18.9 Å². The third kappa shape index (κ3) is 3.95. The van der Waals surface area contributed by atoms with Crippen LogP contribution in [0.25, 0.3) is 0 Å². The first kappa shape index (κ1) is 11.3. The molecule has 0 atom stereocenters. The monoisotopic (exact) mass is 211 g/mol. The van der Waals surface area contributed by atoms with Crippen molar-refractivity contribution in [3.63, 3.8) is 0 Å². The number of hydrogen-bond donors (Lipinski definition) is 1. The maximum absolute atomic E-state index is 11.8. The van der Waals surface area contributed by atoms with Crippen molar-refractivity contribution in [1.82, 2.24) is 4.90 Å². The molecular weight excluding hydrogens is 199 g/mol. The lowest BCUT2D eigenvalue weighted by Gasteiger charge is -2.38. The fourth-order valence-electron chi connectivity index (χ4n) is 1.52. The summed E-state index contributed by atoms with van der Waals surface area (Å²) in [6, 6.07) is 0. The smallest absolute Gasteiger partial charge is 0.390 e. The predicted molar refractivity (Wildman–Crippen MR) is 42.9 cm³/mol. The number of alkyl halides is 3. The van der Waals surface area contributed by atoms with Crippen LogP contribution in [0.3, 0.4) is 0 Å². The SMILES string of the molecule is O=C(O)CC1CN(CCC(F)(F)F)C1. The van der Waals surface area contributed by atoms with Crippen LogP contribution in [0.2, 0.25) is 0 Å². The minimum absolute atomic E-state index is 0.0143. The van der Waals surface area contributed by atoms with E-state index in [4.69, 9.17) is 5.11 Å². The maximum Gasteiger partial charge on any atom is 0.390 e. The summed E-state index contributed by atoms with van der Waals surface area (Å²) >= 11 is 0. The fraction of sp³-hybridized carbons (Fsp3) is 0.875. The molecule has 1 aliphatic heterocycles. The zero-order valence-electron chi connectivity index (χ0n) is 7.55. The van der Waals surface area contributed by atoms with Gasteiger partial charge in [0.25, 0.3) is 0 Å². The molecule has 1 heterocycles. The number of carboxylic acid groups (broad SMARTS) is 1. The van der Waals surface area contributed by atoms with Crippen molar-refractivity contribution in [2.75, 3.05) is 19.6 Å². The molecule has 0 saturated carbocycles. The van der Waals surface area contributed by atoms with Gasteiger partial charge in [-0.05, 0) is 5.92 Å². The Labute approximate surface area is 79.5 Å². The first-order valence-electron chi connectivity index (χ1n) is 4.38. The number of nitrogens with zero attached hydrogens (tertiary/aromatic N) is 1. The molecule has 0 aliphatic carbocycles. The number of carboxylic acids is 1. The standard InChI is InChI=1S/C8H12F3NO2/c9-8(10,11)1-2-12-4-6(5-12)3-7(13)14/h6H,1-5H2,(H,13,14). The fourth-order valence-corrected chi connectivity index (χ4v) is 1.52. The van der Waals surface area contributed by atoms with E-state index in [0.717, 1.165) is 0 Å². The van der Waals surface area contributed by atoms with Gasteiger partial charge in [0.2, 0.25) is 0 Å². The Bertz CT molecular complexity index is 211. The van der Waals surface area contributed by atoms with Crippen molar-refractivity contribution in [3.8, 4) is 0 Å². The summed E-state index contributed by atoms with van der Waals surface area (Å²) in [7, 11) is 0. The van der Waals surface area contributed by atoms with Crippen LogP contribution in [0.1, 0.15) is 12.8 Å². The van der Waals surface area contributed by atoms with Crippen LogP contribution < -0.4 is 0 Å². The van der Waals surface area contributed by atoms with Gasteiger partial charge in [0, 0.05) is 19.6 Å². The van der Waals surface area contributed by atoms with E-state index >= 15 is 0 Å². The van der Waals surface area contributed by atoms with E-state index < -0.39 is 18.6 Å². The average molecular weight is 211 g/mol. The predicted octanol–water partition coefficient (Wildman–Crippen LogP) is 1.35. The molecule has 1 fully saturated rings. The summed E-state index contributed by atoms with van der Waals surface area (Å²) in [5.74, 6) is -0.855. The normalized spacial score (nSPS) is 19.4. The molecule has 0 aromatic carbocycles. The first-order valence-corrected chi connectivity index (χ1v) is 4.38. The Kier molecular flexibility index (Phi) is 3.36. The topological polar surface area (TPSA) is 40.5 Å². The van der Waals surface area contributed by atoms with Crippen molar-refractivity contribution in [2.45, 2.75) is 19.0 Å². The molecule has 1 aliphatic rings. The van der Waals surface area contributed by atoms with E-state index in [9.17, 15) is 18.0 Å². The quantitative estimate of drug-likeness (QED) is 0.763. The molecular formula is C8H12F3NO2. The molecule has 0 unspecified atom stereocenters. The van der Waals surface area contributed by atoms with Gasteiger partial charge in [0.1, 0.15) is 0 Å². The molecule has 6 heteroatoms. The van der Waals surface area contributed by atoms with E-state index in [2.05, 4.69) is 0 Å². The molecule has 0 aromatic rings. The molecule has 1 rings (SSSR count). The van der Waals surface area contributed by atoms with Gasteiger partial charge in [0.05, 0.1) is 12.8 Å². The molecule has 0 radical (unpaired) electrons. The second-order valence-corrected chi connectivity index (χ2v) is 3.59. The molecule has 0 amide bonds. The van der Waals surface area contributed by atoms with Crippen LogP contribution in [-0.2, 0) is 4.79 Å². The first-order chi connectivity index (χ1) is 6.37. The van der Waals surface area contributed by atoms with Gasteiger partial charge in [-0.2, -0.15) is 13.2 Å². The van der Waals surface area contributed by atoms with Crippen molar-refractivity contribution >= 4 is 5.97 Å². The third-order valence-corrected chi connectivity index (χ3v) is 2.21. The number of hydrogen-bond acceptors (Lipinski definition) is 2. The summed E-state index contributed by atoms with van der Waals surface area (Å²) in [6.45, 7) is 0.935. The Morgan fingerprint density at radius 3 is 2.43 bits per heavy atom. The van der Waals surface area contributed by atoms with E-state index in [1.54, 1.807) is 4.90 Å². The van der Waals surface area contributed by atoms with Crippen LogP contribution >= 0.6 is 0 Å². The van der Waals surface area contributed by atoms with Gasteiger partial charge in [-0.15, -0.1) is 0 Å². The van der Waals surface area contributed by atoms with Crippen molar-refractivity contribution < 1.29 is 23.1 Å². The zero-order chi connectivity index (χ0) is 10.8. The molecule has 0 bridgehead atoms. The molecule has 82 valence electrons. The maximum atomic E-state index is 11.8. The van der Waals surface area contributed by atoms with Crippen molar-refractivity contribution in [1.29, 1.82) is 0 Å². The Balaban J connectivity index is 2.07. The van der Waals surface area contributed by atoms with E-state index in [1.165, 1.54) is 0 Å². The van der Waals surface area contributed by atoms with Gasteiger partial charge in [-0.25, -0.2) is 0 Å². The highest BCUT2D eigenvalue weighted by Gasteiger charge is 2.33. The van der Waals surface area contributed by atoms with Gasteiger partial charge in [-0.1, -0.05) is 0 Å². The van der Waals surface area contributed by atoms with Gasteiger partial charge in [-0.3, -0.25) is 4.79 Å². The number of halogens is 3. The van der Waals surface area contributed by atoms with Crippen LogP contribution in [0, 0.1) is 5.92 Å². The van der Waals surface area contributed by atoms with Gasteiger partial charge < -0.3 is 10.0 Å². The average Bonchev–Trinajstić information content (AvgIpc) is 1.90. The number of likely N-dealkylation sites (tertiary alicyclic amines) is 1. The highest BCUT2D eigenvalue weighted by Crippen LogP contribution is 2.24. The Morgan fingerprint density at radius 2 is 2.00 bits per heavy atom. The van der Waals surface area contributed by atoms with Crippen LogP contribution in [0.5, 0.6) is 0 Å². The second kappa shape index (κ2) is 4.16. The summed E-state index contributed by atoms with van der Waals surface area (Å²) in [5, 5.41) is 8.40. The van der Waals surface area contributed by atoms with E-state index in [0.29, 0.717) is 13.1 Å². The number of carbonyl (C=O) groups is 1. The Morgan fingerprint density at radius 1 is 1.43 bits per heavy atom. The molecule has 14 heavy (non-hydrogen) atoms. The number of rotatable bonds is 4. The van der Waals surface area contributed by atoms with Gasteiger partial charge >= 0.3 is 12.1 Å². The zero-order valence-corrected chi connectivity index (χ0v) is 7.55. The molecule has 3 nitrogen and oxygen atoms in total. The van der Waals surface area contributed by atoms with Crippen molar-refractivity contribution in [2.24, 2.45) is 5.92 Å². The van der Waals surface area contributed by atoms with E-state index in [1.807, 2.05) is 0 Å². The molecule has 0 spiro atoms. The molecule has 1 saturated heterocycles. The van der Waals surface area contributed by atoms with Crippen molar-refractivity contribution in [3.05, 3.63) is 0 Å². The third-order valence-electron chi connectivity index (χ3n) is 2.21. The second-order valence-electron chi connectivity index (χ2n) is 3.59. The summed E-state index contributed by atoms with van der Waals surface area (Å²) < 4.78 is 35.3. The Hall–Kier alpha value is -0.780. The van der Waals surface area contributed by atoms with Gasteiger partial charge in [0.15, 0.2) is 0 Å². The minimum Gasteiger partial charge on any atom is -0.481 e. The highest BCUT2D eigenvalue weighted by molar-refractivity contribution is 5.67. The van der Waals surface area contributed by atoms with Crippen LogP contribution in [0.15, 0.2) is 0 Å².